The van der Waals surface area contributed by atoms with E-state index >= 15 is 0 Å². The number of rotatable bonds is 6. The van der Waals surface area contributed by atoms with Crippen LogP contribution in [0.15, 0.2) is 67.3 Å². The van der Waals surface area contributed by atoms with Crippen molar-refractivity contribution in [1.29, 1.82) is 0 Å². The minimum Gasteiger partial charge on any atom is -0.497 e. The van der Waals surface area contributed by atoms with Crippen LogP contribution in [0.4, 0.5) is 10.5 Å². The first-order chi connectivity index (χ1) is 13.1. The second kappa shape index (κ2) is 8.40. The van der Waals surface area contributed by atoms with E-state index in [2.05, 4.69) is 34.1 Å². The van der Waals surface area contributed by atoms with Crippen molar-refractivity contribution in [3.8, 4) is 5.75 Å². The topological polar surface area (TPSA) is 50.6 Å². The van der Waals surface area contributed by atoms with E-state index in [-0.39, 0.29) is 6.03 Å². The fourth-order valence-corrected chi connectivity index (χ4v) is 2.80. The van der Waals surface area contributed by atoms with Gasteiger partial charge in [0.25, 0.3) is 0 Å². The molecule has 140 valence electrons. The van der Waals surface area contributed by atoms with E-state index in [0.29, 0.717) is 13.1 Å². The van der Waals surface area contributed by atoms with Gasteiger partial charge in [0, 0.05) is 45.3 Å². The summed E-state index contributed by atoms with van der Waals surface area (Å²) in [6, 6.07) is 15.9. The van der Waals surface area contributed by atoms with Crippen LogP contribution in [0.5, 0.6) is 5.75 Å². The Morgan fingerprint density at radius 3 is 2.07 bits per heavy atom. The number of hydrogen-bond acceptors (Lipinski definition) is 4. The molecule has 27 heavy (non-hydrogen) atoms. The van der Waals surface area contributed by atoms with Gasteiger partial charge in [0.15, 0.2) is 0 Å². The van der Waals surface area contributed by atoms with Crippen molar-refractivity contribution in [2.24, 2.45) is 0 Å². The first-order valence-electron chi connectivity index (χ1n) is 8.73. The molecule has 0 spiro atoms. The number of nitrogens with zero attached hydrogens (tertiary/aromatic N) is 4. The maximum Gasteiger partial charge on any atom is 0.330 e. The van der Waals surface area contributed by atoms with Gasteiger partial charge in [-0.05, 0) is 35.4 Å². The predicted octanol–water partition coefficient (Wildman–Crippen LogP) is 3.63. The van der Waals surface area contributed by atoms with Crippen LogP contribution >= 0.6 is 0 Å². The Balaban J connectivity index is 1.81. The lowest BCUT2D eigenvalue weighted by atomic mass is 10.1. The number of carbonyl (C=O) groups is 1. The zero-order chi connectivity index (χ0) is 19.2. The molecule has 0 fully saturated rings. The SMILES string of the molecule is COc1ccc(CN(Cc2ccc(N(C)C)cc2)C(=O)n2ccnc2)cc1. The molecule has 6 nitrogen and oxygen atoms in total. The predicted molar refractivity (Wildman–Crippen MR) is 106 cm³/mol. The van der Waals surface area contributed by atoms with Crippen LogP contribution in [-0.2, 0) is 13.1 Å². The van der Waals surface area contributed by atoms with Gasteiger partial charge in [-0.1, -0.05) is 24.3 Å². The molecule has 0 bridgehead atoms. The molecule has 1 heterocycles. The summed E-state index contributed by atoms with van der Waals surface area (Å²) in [6.45, 7) is 1.01. The molecule has 3 aromatic rings. The maximum atomic E-state index is 12.9. The smallest absolute Gasteiger partial charge is 0.330 e. The third-order valence-corrected chi connectivity index (χ3v) is 4.35. The molecule has 0 radical (unpaired) electrons. The summed E-state index contributed by atoms with van der Waals surface area (Å²) in [7, 11) is 5.66. The van der Waals surface area contributed by atoms with Gasteiger partial charge >= 0.3 is 6.03 Å². The Labute approximate surface area is 159 Å². The van der Waals surface area contributed by atoms with Crippen molar-refractivity contribution >= 4 is 11.7 Å². The number of ether oxygens (including phenoxy) is 1. The number of imidazole rings is 1. The second-order valence-electron chi connectivity index (χ2n) is 6.52. The van der Waals surface area contributed by atoms with Crippen molar-refractivity contribution in [3.05, 3.63) is 78.4 Å². The lowest BCUT2D eigenvalue weighted by molar-refractivity contribution is 0.194. The van der Waals surface area contributed by atoms with Gasteiger partial charge in [-0.15, -0.1) is 0 Å². The van der Waals surface area contributed by atoms with E-state index in [9.17, 15) is 4.79 Å². The Bertz CT molecular complexity index is 856. The van der Waals surface area contributed by atoms with Gasteiger partial charge in [-0.2, -0.15) is 0 Å². The minimum absolute atomic E-state index is 0.111. The van der Waals surface area contributed by atoms with Crippen LogP contribution in [0, 0.1) is 0 Å². The molecule has 0 atom stereocenters. The fourth-order valence-electron chi connectivity index (χ4n) is 2.80. The highest BCUT2D eigenvalue weighted by atomic mass is 16.5. The molecule has 0 aliphatic heterocycles. The van der Waals surface area contributed by atoms with E-state index < -0.39 is 0 Å². The average molecular weight is 364 g/mol. The Morgan fingerprint density at radius 2 is 1.59 bits per heavy atom. The summed E-state index contributed by atoms with van der Waals surface area (Å²) < 4.78 is 6.71. The lowest BCUT2D eigenvalue weighted by Gasteiger charge is -2.23. The summed E-state index contributed by atoms with van der Waals surface area (Å²) in [6.07, 6.45) is 4.80. The Morgan fingerprint density at radius 1 is 1.00 bits per heavy atom. The summed E-state index contributed by atoms with van der Waals surface area (Å²) in [4.78, 5) is 20.8. The largest absolute Gasteiger partial charge is 0.497 e. The third-order valence-electron chi connectivity index (χ3n) is 4.35. The van der Waals surface area contributed by atoms with Crippen LogP contribution in [0.3, 0.4) is 0 Å². The molecular formula is C21H24N4O2. The number of hydrogen-bond donors (Lipinski definition) is 0. The Hall–Kier alpha value is -3.28. The van der Waals surface area contributed by atoms with Crippen molar-refractivity contribution in [2.75, 3.05) is 26.1 Å². The summed E-state index contributed by atoms with van der Waals surface area (Å²) in [5.41, 5.74) is 3.23. The summed E-state index contributed by atoms with van der Waals surface area (Å²) in [5, 5.41) is 0. The highest BCUT2D eigenvalue weighted by Gasteiger charge is 2.16. The van der Waals surface area contributed by atoms with Crippen molar-refractivity contribution < 1.29 is 9.53 Å². The van der Waals surface area contributed by atoms with Crippen LogP contribution in [0.2, 0.25) is 0 Å². The van der Waals surface area contributed by atoms with E-state index in [0.717, 1.165) is 22.6 Å². The number of anilines is 1. The van der Waals surface area contributed by atoms with E-state index in [1.165, 1.54) is 10.9 Å². The minimum atomic E-state index is -0.111. The first-order valence-corrected chi connectivity index (χ1v) is 8.73. The van der Waals surface area contributed by atoms with E-state index in [1.807, 2.05) is 38.4 Å². The first kappa shape index (κ1) is 18.5. The number of amides is 1. The number of aromatic nitrogens is 2. The fraction of sp³-hybridized carbons (Fsp3) is 0.238. The molecule has 0 saturated carbocycles. The van der Waals surface area contributed by atoms with Gasteiger partial charge in [-0.3, -0.25) is 4.57 Å². The zero-order valence-corrected chi connectivity index (χ0v) is 15.9. The molecule has 1 amide bonds. The molecule has 0 aliphatic rings. The molecule has 0 aliphatic carbocycles. The molecule has 0 N–H and O–H groups in total. The van der Waals surface area contributed by atoms with Gasteiger partial charge in [0.05, 0.1) is 7.11 Å². The lowest BCUT2D eigenvalue weighted by Crippen LogP contribution is -2.33. The number of methoxy groups -OCH3 is 1. The molecular weight excluding hydrogens is 340 g/mol. The second-order valence-corrected chi connectivity index (χ2v) is 6.52. The summed E-state index contributed by atoms with van der Waals surface area (Å²) in [5.74, 6) is 0.797. The van der Waals surface area contributed by atoms with Gasteiger partial charge < -0.3 is 14.5 Å². The normalized spacial score (nSPS) is 10.5. The number of carbonyl (C=O) groups excluding carboxylic acids is 1. The van der Waals surface area contributed by atoms with E-state index in [1.54, 1.807) is 24.4 Å². The molecule has 0 unspecified atom stereocenters. The molecule has 6 heteroatoms. The standard InChI is InChI=1S/C21H24N4O2/c1-23(2)19-8-4-17(5-9-19)14-25(21(26)24-13-12-22-16-24)15-18-6-10-20(27-3)11-7-18/h4-13,16H,14-15H2,1-3H3. The monoisotopic (exact) mass is 364 g/mol. The van der Waals surface area contributed by atoms with Crippen molar-refractivity contribution in [1.82, 2.24) is 14.5 Å². The van der Waals surface area contributed by atoms with Crippen LogP contribution in [0.1, 0.15) is 11.1 Å². The molecule has 2 aromatic carbocycles. The van der Waals surface area contributed by atoms with Crippen molar-refractivity contribution in [2.45, 2.75) is 13.1 Å². The molecule has 0 saturated heterocycles. The quantitative estimate of drug-likeness (QED) is 0.670. The van der Waals surface area contributed by atoms with Crippen LogP contribution in [-0.4, -0.2) is 41.7 Å². The van der Waals surface area contributed by atoms with Gasteiger partial charge in [-0.25, -0.2) is 9.78 Å². The highest BCUT2D eigenvalue weighted by Crippen LogP contribution is 2.18. The molecule has 1 aromatic heterocycles. The van der Waals surface area contributed by atoms with Crippen LogP contribution < -0.4 is 9.64 Å². The Kier molecular flexibility index (Phi) is 5.76. The summed E-state index contributed by atoms with van der Waals surface area (Å²) >= 11 is 0. The highest BCUT2D eigenvalue weighted by molar-refractivity contribution is 5.76. The van der Waals surface area contributed by atoms with Gasteiger partial charge in [0.2, 0.25) is 0 Å². The van der Waals surface area contributed by atoms with Gasteiger partial charge in [0.1, 0.15) is 12.1 Å². The maximum absolute atomic E-state index is 12.9. The van der Waals surface area contributed by atoms with E-state index in [4.69, 9.17) is 4.74 Å². The molecule has 3 rings (SSSR count). The number of benzene rings is 2. The average Bonchev–Trinajstić information content (AvgIpc) is 3.22. The third kappa shape index (κ3) is 4.67. The van der Waals surface area contributed by atoms with Crippen molar-refractivity contribution in [3.63, 3.8) is 0 Å². The van der Waals surface area contributed by atoms with Crippen LogP contribution in [0.25, 0.3) is 0 Å². The zero-order valence-electron chi connectivity index (χ0n) is 15.9.